The van der Waals surface area contributed by atoms with E-state index in [0.717, 1.165) is 45.9 Å². The number of fused-ring (bicyclic) bond motifs is 3. The largest absolute Gasteiger partial charge is 0.369 e. The smallest absolute Gasteiger partial charge is 0.246 e. The zero-order valence-electron chi connectivity index (χ0n) is 12.3. The maximum absolute atomic E-state index is 6.45. The van der Waals surface area contributed by atoms with Crippen LogP contribution in [0.4, 0.5) is 5.82 Å². The van der Waals surface area contributed by atoms with Gasteiger partial charge < -0.3 is 9.88 Å². The van der Waals surface area contributed by atoms with Gasteiger partial charge >= 0.3 is 0 Å². The Bertz CT molecular complexity index is 950. The highest BCUT2D eigenvalue weighted by Gasteiger charge is 2.22. The summed E-state index contributed by atoms with van der Waals surface area (Å²) in [5.74, 6) is 1.92. The first-order chi connectivity index (χ1) is 11.2. The van der Waals surface area contributed by atoms with E-state index in [4.69, 9.17) is 11.6 Å². The lowest BCUT2D eigenvalue weighted by atomic mass is 10.0. The Morgan fingerprint density at radius 2 is 2.17 bits per heavy atom. The molecule has 1 N–H and O–H groups in total. The van der Waals surface area contributed by atoms with Gasteiger partial charge in [0, 0.05) is 52.5 Å². The summed E-state index contributed by atoms with van der Waals surface area (Å²) in [5, 5.41) is 4.15. The fourth-order valence-corrected chi connectivity index (χ4v) is 3.66. The van der Waals surface area contributed by atoms with Crippen LogP contribution in [0.3, 0.4) is 0 Å². The number of anilines is 1. The SMILES string of the molecule is CN=c1ncc2cc(-c3ccc(Br)cc3Cl)c3n(c-2n1)CCN3. The van der Waals surface area contributed by atoms with E-state index in [1.54, 1.807) is 7.05 Å². The Balaban J connectivity index is 2.04. The second kappa shape index (κ2) is 5.62. The van der Waals surface area contributed by atoms with Gasteiger partial charge in [-0.3, -0.25) is 4.99 Å². The van der Waals surface area contributed by atoms with Crippen molar-refractivity contribution in [3.8, 4) is 22.5 Å². The maximum atomic E-state index is 6.45. The van der Waals surface area contributed by atoms with Crippen LogP contribution in [0.2, 0.25) is 5.02 Å². The molecule has 116 valence electrons. The van der Waals surface area contributed by atoms with Gasteiger partial charge in [0.1, 0.15) is 11.6 Å². The molecule has 5 nitrogen and oxygen atoms in total. The molecule has 0 saturated heterocycles. The Hall–Kier alpha value is -1.92. The third-order valence-electron chi connectivity index (χ3n) is 3.91. The average Bonchev–Trinajstić information content (AvgIpc) is 3.04. The Morgan fingerprint density at radius 3 is 2.96 bits per heavy atom. The van der Waals surface area contributed by atoms with Crippen molar-refractivity contribution in [2.24, 2.45) is 4.99 Å². The van der Waals surface area contributed by atoms with Crippen LogP contribution in [0.25, 0.3) is 22.5 Å². The fraction of sp³-hybridized carbons (Fsp3) is 0.188. The summed E-state index contributed by atoms with van der Waals surface area (Å²) in [5.41, 5.74) is 3.50. The van der Waals surface area contributed by atoms with Gasteiger partial charge in [-0.15, -0.1) is 0 Å². The van der Waals surface area contributed by atoms with Crippen LogP contribution < -0.4 is 10.9 Å². The van der Waals surface area contributed by atoms with Crippen molar-refractivity contribution in [1.82, 2.24) is 14.5 Å². The van der Waals surface area contributed by atoms with Crippen molar-refractivity contribution in [3.63, 3.8) is 0 Å². The lowest BCUT2D eigenvalue weighted by Crippen LogP contribution is -2.17. The molecular formula is C16H13BrClN5. The molecule has 1 aromatic carbocycles. The Kier molecular flexibility index (Phi) is 3.58. The molecule has 4 rings (SSSR count). The number of halogens is 2. The van der Waals surface area contributed by atoms with Crippen LogP contribution in [0, 0.1) is 0 Å². The number of rotatable bonds is 1. The molecule has 0 amide bonds. The molecule has 0 bridgehead atoms. The van der Waals surface area contributed by atoms with Gasteiger partial charge in [0.15, 0.2) is 0 Å². The molecular weight excluding hydrogens is 378 g/mol. The lowest BCUT2D eigenvalue weighted by Gasteiger charge is -2.17. The normalized spacial score (nSPS) is 14.1. The highest BCUT2D eigenvalue weighted by molar-refractivity contribution is 9.10. The maximum Gasteiger partial charge on any atom is 0.246 e. The van der Waals surface area contributed by atoms with E-state index in [9.17, 15) is 0 Å². The van der Waals surface area contributed by atoms with Crippen LogP contribution in [-0.2, 0) is 6.54 Å². The molecule has 0 aromatic heterocycles. The summed E-state index contributed by atoms with van der Waals surface area (Å²) in [6, 6.07) is 7.99. The number of pyridine rings is 1. The first-order valence-electron chi connectivity index (χ1n) is 7.20. The van der Waals surface area contributed by atoms with Gasteiger partial charge in [-0.1, -0.05) is 33.6 Å². The van der Waals surface area contributed by atoms with Gasteiger partial charge in [0.2, 0.25) is 5.62 Å². The highest BCUT2D eigenvalue weighted by atomic mass is 79.9. The molecule has 1 aromatic rings. The van der Waals surface area contributed by atoms with Crippen molar-refractivity contribution in [2.45, 2.75) is 6.54 Å². The second-order valence-corrected chi connectivity index (χ2v) is 6.60. The van der Waals surface area contributed by atoms with Crippen molar-refractivity contribution in [1.29, 1.82) is 0 Å². The second-order valence-electron chi connectivity index (χ2n) is 5.28. The summed E-state index contributed by atoms with van der Waals surface area (Å²) < 4.78 is 3.13. The van der Waals surface area contributed by atoms with E-state index < -0.39 is 0 Å². The van der Waals surface area contributed by atoms with E-state index in [2.05, 4.69) is 46.8 Å². The fourth-order valence-electron chi connectivity index (χ4n) is 2.88. The predicted molar refractivity (Wildman–Crippen MR) is 94.8 cm³/mol. The average molecular weight is 391 g/mol. The number of hydrogen-bond acceptors (Lipinski definition) is 4. The molecule has 3 heterocycles. The molecule has 3 aliphatic heterocycles. The minimum Gasteiger partial charge on any atom is -0.369 e. The standard InChI is InChI=1S/C16H13BrClN5/c1-19-16-21-8-9-6-12(11-3-2-10(17)7-13(11)18)15-20-4-5-23(15)14(9)22-16/h2-3,6-8,20H,4-5H2,1H3. The minimum absolute atomic E-state index is 0.494. The van der Waals surface area contributed by atoms with E-state index in [1.165, 1.54) is 0 Å². The van der Waals surface area contributed by atoms with Crippen molar-refractivity contribution in [2.75, 3.05) is 18.9 Å². The molecule has 0 saturated carbocycles. The zero-order valence-corrected chi connectivity index (χ0v) is 14.7. The summed E-state index contributed by atoms with van der Waals surface area (Å²) in [7, 11) is 1.69. The third-order valence-corrected chi connectivity index (χ3v) is 4.72. The number of hydrogen-bond donors (Lipinski definition) is 1. The summed E-state index contributed by atoms with van der Waals surface area (Å²) in [6.45, 7) is 1.72. The molecule has 23 heavy (non-hydrogen) atoms. The first-order valence-corrected chi connectivity index (χ1v) is 8.37. The van der Waals surface area contributed by atoms with Gasteiger partial charge in [-0.25, -0.2) is 4.98 Å². The summed E-state index contributed by atoms with van der Waals surface area (Å²) in [6.07, 6.45) is 1.81. The third kappa shape index (κ3) is 2.42. The summed E-state index contributed by atoms with van der Waals surface area (Å²) in [4.78, 5) is 12.9. The van der Waals surface area contributed by atoms with Crippen LogP contribution >= 0.6 is 27.5 Å². The monoisotopic (exact) mass is 389 g/mol. The lowest BCUT2D eigenvalue weighted by molar-refractivity contribution is 0.779. The van der Waals surface area contributed by atoms with Gasteiger partial charge in [-0.2, -0.15) is 4.98 Å². The molecule has 0 spiro atoms. The van der Waals surface area contributed by atoms with Crippen molar-refractivity contribution in [3.05, 3.63) is 45.6 Å². The predicted octanol–water partition coefficient (Wildman–Crippen LogP) is 3.42. The first kappa shape index (κ1) is 14.7. The molecule has 0 atom stereocenters. The van der Waals surface area contributed by atoms with Gasteiger partial charge in [0.05, 0.1) is 0 Å². The topological polar surface area (TPSA) is 55.1 Å². The van der Waals surface area contributed by atoms with Crippen LogP contribution in [-0.4, -0.2) is 28.1 Å². The molecule has 0 unspecified atom stereocenters. The van der Waals surface area contributed by atoms with Crippen LogP contribution in [0.1, 0.15) is 0 Å². The Morgan fingerprint density at radius 1 is 1.30 bits per heavy atom. The van der Waals surface area contributed by atoms with E-state index in [0.29, 0.717) is 10.6 Å². The number of nitrogens with zero attached hydrogens (tertiary/aromatic N) is 4. The molecule has 0 aliphatic carbocycles. The number of aromatic nitrogens is 3. The number of benzene rings is 1. The van der Waals surface area contributed by atoms with E-state index in [1.807, 2.05) is 24.4 Å². The Labute approximate surface area is 146 Å². The van der Waals surface area contributed by atoms with Crippen molar-refractivity contribution >= 4 is 33.3 Å². The minimum atomic E-state index is 0.494. The molecule has 0 fully saturated rings. The number of nitrogens with one attached hydrogen (secondary N) is 1. The van der Waals surface area contributed by atoms with Gasteiger partial charge in [0.25, 0.3) is 0 Å². The quantitative estimate of drug-likeness (QED) is 0.693. The highest BCUT2D eigenvalue weighted by Crippen LogP contribution is 2.40. The van der Waals surface area contributed by atoms with Gasteiger partial charge in [-0.05, 0) is 18.2 Å². The summed E-state index contributed by atoms with van der Waals surface area (Å²) >= 11 is 9.90. The van der Waals surface area contributed by atoms with E-state index in [-0.39, 0.29) is 0 Å². The van der Waals surface area contributed by atoms with E-state index >= 15 is 0 Å². The molecule has 7 heteroatoms. The molecule has 0 radical (unpaired) electrons. The van der Waals surface area contributed by atoms with Crippen LogP contribution in [0.5, 0.6) is 0 Å². The van der Waals surface area contributed by atoms with Crippen LogP contribution in [0.15, 0.2) is 39.9 Å². The zero-order chi connectivity index (χ0) is 16.0. The molecule has 3 aliphatic rings. The van der Waals surface area contributed by atoms with Crippen molar-refractivity contribution < 1.29 is 0 Å².